The predicted molar refractivity (Wildman–Crippen MR) is 80.4 cm³/mol. The van der Waals surface area contributed by atoms with Crippen molar-refractivity contribution >= 4 is 15.9 Å². The van der Waals surface area contributed by atoms with Crippen molar-refractivity contribution in [3.8, 4) is 5.75 Å². The predicted octanol–water partition coefficient (Wildman–Crippen LogP) is 3.96. The fourth-order valence-corrected chi connectivity index (χ4v) is 3.07. The van der Waals surface area contributed by atoms with Gasteiger partial charge in [-0.3, -0.25) is 0 Å². The van der Waals surface area contributed by atoms with Gasteiger partial charge in [-0.25, -0.2) is 4.39 Å². The zero-order valence-corrected chi connectivity index (χ0v) is 12.5. The second-order valence-corrected chi connectivity index (χ2v) is 5.79. The third-order valence-corrected chi connectivity index (χ3v) is 4.31. The molecule has 20 heavy (non-hydrogen) atoms. The number of halogens is 2. The van der Waals surface area contributed by atoms with Crippen molar-refractivity contribution in [3.63, 3.8) is 0 Å². The van der Waals surface area contributed by atoms with Gasteiger partial charge < -0.3 is 10.5 Å². The second-order valence-electron chi connectivity index (χ2n) is 4.93. The largest absolute Gasteiger partial charge is 0.493 e. The molecule has 0 radical (unpaired) electrons. The van der Waals surface area contributed by atoms with E-state index in [0.717, 1.165) is 34.2 Å². The number of para-hydroxylation sites is 1. The quantitative estimate of drug-likeness (QED) is 0.901. The van der Waals surface area contributed by atoms with Gasteiger partial charge in [0.25, 0.3) is 0 Å². The van der Waals surface area contributed by atoms with Crippen molar-refractivity contribution in [2.45, 2.75) is 18.9 Å². The molecule has 1 unspecified atom stereocenters. The van der Waals surface area contributed by atoms with E-state index in [1.54, 1.807) is 6.07 Å². The number of nitrogens with two attached hydrogens (primary N) is 1. The lowest BCUT2D eigenvalue weighted by Crippen LogP contribution is -2.17. The van der Waals surface area contributed by atoms with Gasteiger partial charge in [-0.05, 0) is 42.2 Å². The van der Waals surface area contributed by atoms with Gasteiger partial charge in [0.15, 0.2) is 0 Å². The summed E-state index contributed by atoms with van der Waals surface area (Å²) in [6, 6.07) is 10.1. The summed E-state index contributed by atoms with van der Waals surface area (Å²) >= 11 is 3.44. The molecule has 104 valence electrons. The molecular weight excluding hydrogens is 321 g/mol. The van der Waals surface area contributed by atoms with Crippen LogP contribution in [-0.4, -0.2) is 6.61 Å². The molecule has 3 rings (SSSR count). The normalized spacial score (nSPS) is 15.3. The van der Waals surface area contributed by atoms with Crippen LogP contribution in [0, 0.1) is 5.82 Å². The first-order chi connectivity index (χ1) is 9.66. The molecule has 4 heteroatoms. The van der Waals surface area contributed by atoms with Crippen molar-refractivity contribution in [3.05, 3.63) is 63.4 Å². The Labute approximate surface area is 125 Å². The fourth-order valence-electron chi connectivity index (χ4n) is 2.58. The SMILES string of the molecule is NC(c1cc(F)ccc1Br)c1cccc2c1OCCC2. The molecule has 0 saturated carbocycles. The van der Waals surface area contributed by atoms with Crippen molar-refractivity contribution in [1.82, 2.24) is 0 Å². The minimum atomic E-state index is -0.409. The average Bonchev–Trinajstić information content (AvgIpc) is 2.48. The highest BCUT2D eigenvalue weighted by molar-refractivity contribution is 9.10. The zero-order chi connectivity index (χ0) is 14.1. The lowest BCUT2D eigenvalue weighted by atomic mass is 9.94. The van der Waals surface area contributed by atoms with Crippen molar-refractivity contribution in [2.24, 2.45) is 5.73 Å². The van der Waals surface area contributed by atoms with Crippen LogP contribution in [0.3, 0.4) is 0 Å². The number of hydrogen-bond donors (Lipinski definition) is 1. The Kier molecular flexibility index (Phi) is 3.76. The van der Waals surface area contributed by atoms with Gasteiger partial charge in [0.05, 0.1) is 12.6 Å². The number of rotatable bonds is 2. The lowest BCUT2D eigenvalue weighted by molar-refractivity contribution is 0.284. The molecule has 0 aromatic heterocycles. The van der Waals surface area contributed by atoms with Crippen LogP contribution in [-0.2, 0) is 6.42 Å². The van der Waals surface area contributed by atoms with E-state index in [1.165, 1.54) is 17.7 Å². The van der Waals surface area contributed by atoms with E-state index in [4.69, 9.17) is 10.5 Å². The van der Waals surface area contributed by atoms with Gasteiger partial charge in [-0.2, -0.15) is 0 Å². The van der Waals surface area contributed by atoms with Crippen LogP contribution in [0.25, 0.3) is 0 Å². The maximum atomic E-state index is 13.5. The van der Waals surface area contributed by atoms with E-state index in [1.807, 2.05) is 12.1 Å². The molecule has 0 saturated heterocycles. The summed E-state index contributed by atoms with van der Waals surface area (Å²) in [7, 11) is 0. The molecule has 0 amide bonds. The van der Waals surface area contributed by atoms with Gasteiger partial charge in [-0.1, -0.05) is 34.1 Å². The Morgan fingerprint density at radius 1 is 1.20 bits per heavy atom. The summed E-state index contributed by atoms with van der Waals surface area (Å²) in [6.45, 7) is 0.709. The van der Waals surface area contributed by atoms with Crippen molar-refractivity contribution < 1.29 is 9.13 Å². The fraction of sp³-hybridized carbons (Fsp3) is 0.250. The first kappa shape index (κ1) is 13.6. The third-order valence-electron chi connectivity index (χ3n) is 3.59. The van der Waals surface area contributed by atoms with Crippen LogP contribution in [0.1, 0.15) is 29.2 Å². The van der Waals surface area contributed by atoms with E-state index in [2.05, 4.69) is 22.0 Å². The van der Waals surface area contributed by atoms with E-state index in [-0.39, 0.29) is 5.82 Å². The highest BCUT2D eigenvalue weighted by atomic mass is 79.9. The number of hydrogen-bond acceptors (Lipinski definition) is 2. The summed E-state index contributed by atoms with van der Waals surface area (Å²) < 4.78 is 20.0. The third kappa shape index (κ3) is 2.45. The van der Waals surface area contributed by atoms with Crippen LogP contribution in [0.15, 0.2) is 40.9 Å². The maximum Gasteiger partial charge on any atom is 0.127 e. The molecular formula is C16H15BrFNO. The molecule has 1 atom stereocenters. The summed E-state index contributed by atoms with van der Waals surface area (Å²) in [6.07, 6.45) is 2.02. The molecule has 1 heterocycles. The van der Waals surface area contributed by atoms with E-state index < -0.39 is 6.04 Å². The van der Waals surface area contributed by atoms with Crippen LogP contribution >= 0.6 is 15.9 Å². The highest BCUT2D eigenvalue weighted by Crippen LogP contribution is 2.36. The summed E-state index contributed by atoms with van der Waals surface area (Å²) in [5.41, 5.74) is 9.15. The molecule has 1 aliphatic rings. The number of fused-ring (bicyclic) bond motifs is 1. The van der Waals surface area contributed by atoms with Crippen LogP contribution in [0.4, 0.5) is 4.39 Å². The second kappa shape index (κ2) is 5.54. The minimum absolute atomic E-state index is 0.288. The zero-order valence-electron chi connectivity index (χ0n) is 10.9. The molecule has 0 spiro atoms. The van der Waals surface area contributed by atoms with Crippen LogP contribution in [0.2, 0.25) is 0 Å². The van der Waals surface area contributed by atoms with Crippen molar-refractivity contribution in [2.75, 3.05) is 6.61 Å². The molecule has 0 fully saturated rings. The molecule has 2 aromatic carbocycles. The Bertz CT molecular complexity index is 644. The lowest BCUT2D eigenvalue weighted by Gasteiger charge is -2.24. The molecule has 0 bridgehead atoms. The maximum absolute atomic E-state index is 13.5. The molecule has 2 nitrogen and oxygen atoms in total. The summed E-state index contributed by atoms with van der Waals surface area (Å²) in [5, 5.41) is 0. The standard InChI is InChI=1S/C16H15BrFNO/c17-14-7-6-11(18)9-13(14)15(19)12-5-1-3-10-4-2-8-20-16(10)12/h1,3,5-7,9,15H,2,4,8,19H2. The van der Waals surface area contributed by atoms with Crippen LogP contribution < -0.4 is 10.5 Å². The Morgan fingerprint density at radius 3 is 2.90 bits per heavy atom. The first-order valence-corrected chi connectivity index (χ1v) is 7.41. The monoisotopic (exact) mass is 335 g/mol. The topological polar surface area (TPSA) is 35.2 Å². The highest BCUT2D eigenvalue weighted by Gasteiger charge is 2.21. The van der Waals surface area contributed by atoms with E-state index >= 15 is 0 Å². The first-order valence-electron chi connectivity index (χ1n) is 6.62. The van der Waals surface area contributed by atoms with Crippen LogP contribution in [0.5, 0.6) is 5.75 Å². The molecule has 2 aromatic rings. The van der Waals surface area contributed by atoms with Gasteiger partial charge in [-0.15, -0.1) is 0 Å². The number of benzene rings is 2. The average molecular weight is 336 g/mol. The van der Waals surface area contributed by atoms with Gasteiger partial charge in [0.2, 0.25) is 0 Å². The Hall–Kier alpha value is -1.39. The number of aryl methyl sites for hydroxylation is 1. The Balaban J connectivity index is 2.06. The smallest absolute Gasteiger partial charge is 0.127 e. The van der Waals surface area contributed by atoms with Gasteiger partial charge >= 0.3 is 0 Å². The van der Waals surface area contributed by atoms with Gasteiger partial charge in [0, 0.05) is 10.0 Å². The number of ether oxygens (including phenoxy) is 1. The van der Waals surface area contributed by atoms with E-state index in [9.17, 15) is 4.39 Å². The Morgan fingerprint density at radius 2 is 2.05 bits per heavy atom. The minimum Gasteiger partial charge on any atom is -0.493 e. The summed E-state index contributed by atoms with van der Waals surface area (Å²) in [4.78, 5) is 0. The van der Waals surface area contributed by atoms with Gasteiger partial charge in [0.1, 0.15) is 11.6 Å². The summed E-state index contributed by atoms with van der Waals surface area (Å²) in [5.74, 6) is 0.576. The molecule has 0 aliphatic carbocycles. The molecule has 2 N–H and O–H groups in total. The van der Waals surface area contributed by atoms with Crippen molar-refractivity contribution in [1.29, 1.82) is 0 Å². The van der Waals surface area contributed by atoms with E-state index in [0.29, 0.717) is 6.61 Å². The molecule has 1 aliphatic heterocycles.